The van der Waals surface area contributed by atoms with Crippen molar-refractivity contribution in [2.75, 3.05) is 49.2 Å². The molecule has 0 radical (unpaired) electrons. The molecule has 1 aliphatic rings. The van der Waals surface area contributed by atoms with Crippen LogP contribution in [0, 0.1) is 5.82 Å². The van der Waals surface area contributed by atoms with Crippen LogP contribution in [0.1, 0.15) is 6.92 Å². The van der Waals surface area contributed by atoms with E-state index in [-0.39, 0.29) is 19.0 Å². The molecule has 9 heteroatoms. The topological polar surface area (TPSA) is 102 Å². The maximum atomic E-state index is 14.4. The van der Waals surface area contributed by atoms with E-state index in [1.54, 1.807) is 12.1 Å². The van der Waals surface area contributed by atoms with Gasteiger partial charge in [0.25, 0.3) is 0 Å². The molecule has 1 saturated heterocycles. The SMILES string of the molecule is CC(=O)N(C[C@@H](O)CN=[N+]=[N-])c1ccc(N2CCOCC2)c(F)c1. The summed E-state index contributed by atoms with van der Waals surface area (Å²) in [4.78, 5) is 17.5. The lowest BCUT2D eigenvalue weighted by molar-refractivity contribution is -0.116. The molecule has 0 bridgehead atoms. The number of ether oxygens (including phenoxy) is 1. The van der Waals surface area contributed by atoms with Gasteiger partial charge in [-0.2, -0.15) is 0 Å². The fourth-order valence-corrected chi connectivity index (χ4v) is 2.54. The highest BCUT2D eigenvalue weighted by Gasteiger charge is 2.20. The lowest BCUT2D eigenvalue weighted by Gasteiger charge is -2.30. The van der Waals surface area contributed by atoms with E-state index < -0.39 is 11.9 Å². The number of aliphatic hydroxyl groups excluding tert-OH is 1. The molecule has 0 aliphatic carbocycles. The first-order chi connectivity index (χ1) is 11.5. The highest BCUT2D eigenvalue weighted by atomic mass is 19.1. The Morgan fingerprint density at radius 3 is 2.83 bits per heavy atom. The molecule has 130 valence electrons. The average Bonchev–Trinajstić information content (AvgIpc) is 2.58. The Bertz CT molecular complexity index is 630. The fraction of sp³-hybridized carbons (Fsp3) is 0.533. The van der Waals surface area contributed by atoms with E-state index in [0.29, 0.717) is 37.7 Å². The smallest absolute Gasteiger partial charge is 0.223 e. The third kappa shape index (κ3) is 4.58. The summed E-state index contributed by atoms with van der Waals surface area (Å²) in [7, 11) is 0. The Balaban J connectivity index is 2.16. The first-order valence-electron chi connectivity index (χ1n) is 7.62. The van der Waals surface area contributed by atoms with Gasteiger partial charge in [0.1, 0.15) is 5.82 Å². The lowest BCUT2D eigenvalue weighted by Crippen LogP contribution is -2.38. The molecular weight excluding hydrogens is 317 g/mol. The van der Waals surface area contributed by atoms with Gasteiger partial charge in [-0.25, -0.2) is 4.39 Å². The molecule has 1 amide bonds. The Morgan fingerprint density at radius 1 is 1.54 bits per heavy atom. The van der Waals surface area contributed by atoms with Gasteiger partial charge >= 0.3 is 0 Å². The van der Waals surface area contributed by atoms with Crippen LogP contribution in [0.3, 0.4) is 0 Å². The lowest BCUT2D eigenvalue weighted by atomic mass is 10.2. The van der Waals surface area contributed by atoms with Gasteiger partial charge < -0.3 is 19.6 Å². The molecule has 0 aromatic heterocycles. The second-order valence-corrected chi connectivity index (χ2v) is 5.43. The molecule has 1 fully saturated rings. The zero-order valence-electron chi connectivity index (χ0n) is 13.4. The standard InChI is InChI=1S/C15H20FN5O3/c1-11(22)21(10-13(23)9-18-19-17)12-2-3-15(14(16)8-12)20-4-6-24-7-5-20/h2-3,8,13,23H,4-7,9-10H2,1H3/t13-/m0/s1. The summed E-state index contributed by atoms with van der Waals surface area (Å²) in [6, 6.07) is 4.52. The minimum Gasteiger partial charge on any atom is -0.391 e. The molecule has 1 aromatic carbocycles. The van der Waals surface area contributed by atoms with Crippen LogP contribution in [0.15, 0.2) is 23.3 Å². The van der Waals surface area contributed by atoms with Crippen molar-refractivity contribution in [1.82, 2.24) is 0 Å². The van der Waals surface area contributed by atoms with E-state index in [9.17, 15) is 14.3 Å². The van der Waals surface area contributed by atoms with E-state index in [4.69, 9.17) is 10.3 Å². The molecule has 1 aliphatic heterocycles. The van der Waals surface area contributed by atoms with Gasteiger partial charge in [-0.05, 0) is 23.7 Å². The van der Waals surface area contributed by atoms with E-state index in [1.165, 1.54) is 17.9 Å². The number of hydrogen-bond donors (Lipinski definition) is 1. The van der Waals surface area contributed by atoms with Crippen molar-refractivity contribution in [1.29, 1.82) is 0 Å². The van der Waals surface area contributed by atoms with E-state index in [0.717, 1.165) is 0 Å². The van der Waals surface area contributed by atoms with Crippen molar-refractivity contribution in [3.05, 3.63) is 34.5 Å². The predicted octanol–water partition coefficient (Wildman–Crippen LogP) is 1.69. The molecule has 1 N–H and O–H groups in total. The maximum Gasteiger partial charge on any atom is 0.223 e. The molecule has 1 atom stereocenters. The number of hydrogen-bond acceptors (Lipinski definition) is 5. The van der Waals surface area contributed by atoms with Gasteiger partial charge in [-0.3, -0.25) is 4.79 Å². The van der Waals surface area contributed by atoms with Crippen LogP contribution in [0.5, 0.6) is 0 Å². The van der Waals surface area contributed by atoms with Crippen LogP contribution in [-0.2, 0) is 9.53 Å². The maximum absolute atomic E-state index is 14.4. The number of benzene rings is 1. The number of carbonyl (C=O) groups is 1. The predicted molar refractivity (Wildman–Crippen MR) is 87.5 cm³/mol. The third-order valence-corrected chi connectivity index (χ3v) is 3.72. The van der Waals surface area contributed by atoms with Gasteiger partial charge in [0.05, 0.1) is 38.1 Å². The molecule has 2 rings (SSSR count). The van der Waals surface area contributed by atoms with Crippen LogP contribution in [0.25, 0.3) is 10.4 Å². The number of rotatable bonds is 6. The molecule has 0 spiro atoms. The van der Waals surface area contributed by atoms with Crippen molar-refractivity contribution >= 4 is 17.3 Å². The van der Waals surface area contributed by atoms with E-state index in [2.05, 4.69) is 10.0 Å². The fourth-order valence-electron chi connectivity index (χ4n) is 2.54. The Labute approximate surface area is 139 Å². The third-order valence-electron chi connectivity index (χ3n) is 3.72. The average molecular weight is 337 g/mol. The number of nitrogens with zero attached hydrogens (tertiary/aromatic N) is 5. The summed E-state index contributed by atoms with van der Waals surface area (Å²) >= 11 is 0. The summed E-state index contributed by atoms with van der Waals surface area (Å²) < 4.78 is 19.7. The van der Waals surface area contributed by atoms with Gasteiger partial charge in [0.2, 0.25) is 5.91 Å². The number of halogens is 1. The number of anilines is 2. The highest BCUT2D eigenvalue weighted by molar-refractivity contribution is 5.91. The molecule has 24 heavy (non-hydrogen) atoms. The zero-order valence-corrected chi connectivity index (χ0v) is 13.4. The van der Waals surface area contributed by atoms with E-state index in [1.807, 2.05) is 4.90 Å². The van der Waals surface area contributed by atoms with Gasteiger partial charge in [0, 0.05) is 30.6 Å². The summed E-state index contributed by atoms with van der Waals surface area (Å²) in [5.74, 6) is -0.779. The van der Waals surface area contributed by atoms with E-state index >= 15 is 0 Å². The monoisotopic (exact) mass is 337 g/mol. The number of morpholine rings is 1. The second-order valence-electron chi connectivity index (χ2n) is 5.43. The normalized spacial score (nSPS) is 15.5. The van der Waals surface area contributed by atoms with Crippen molar-refractivity contribution in [3.8, 4) is 0 Å². The van der Waals surface area contributed by atoms with Gasteiger partial charge in [-0.15, -0.1) is 0 Å². The first kappa shape index (κ1) is 18.0. The Kier molecular flexibility index (Phi) is 6.36. The number of amides is 1. The summed E-state index contributed by atoms with van der Waals surface area (Å²) in [5.41, 5.74) is 9.07. The zero-order chi connectivity index (χ0) is 17.5. The van der Waals surface area contributed by atoms with Crippen LogP contribution in [0.4, 0.5) is 15.8 Å². The van der Waals surface area contributed by atoms with Crippen molar-refractivity contribution in [2.45, 2.75) is 13.0 Å². The second kappa shape index (κ2) is 8.49. The summed E-state index contributed by atoms with van der Waals surface area (Å²) in [5, 5.41) is 13.1. The number of azide groups is 1. The minimum atomic E-state index is -1.02. The Morgan fingerprint density at radius 2 is 2.25 bits per heavy atom. The number of aliphatic hydroxyl groups is 1. The van der Waals surface area contributed by atoms with Crippen molar-refractivity contribution in [3.63, 3.8) is 0 Å². The van der Waals surface area contributed by atoms with Crippen LogP contribution >= 0.6 is 0 Å². The molecule has 0 saturated carbocycles. The molecule has 8 nitrogen and oxygen atoms in total. The van der Waals surface area contributed by atoms with Crippen molar-refractivity contribution in [2.24, 2.45) is 5.11 Å². The summed E-state index contributed by atoms with van der Waals surface area (Å²) in [6.45, 7) is 3.40. The molecular formula is C15H20FN5O3. The van der Waals surface area contributed by atoms with Crippen molar-refractivity contribution < 1.29 is 19.0 Å². The van der Waals surface area contributed by atoms with Gasteiger partial charge in [0.15, 0.2) is 0 Å². The largest absolute Gasteiger partial charge is 0.391 e. The minimum absolute atomic E-state index is 0.0787. The molecule has 1 heterocycles. The summed E-state index contributed by atoms with van der Waals surface area (Å²) in [6.07, 6.45) is -1.02. The quantitative estimate of drug-likeness (QED) is 0.485. The highest BCUT2D eigenvalue weighted by Crippen LogP contribution is 2.26. The Hall–Kier alpha value is -2.35. The van der Waals surface area contributed by atoms with Crippen LogP contribution in [-0.4, -0.2) is 56.5 Å². The molecule has 1 aromatic rings. The molecule has 0 unspecified atom stereocenters. The van der Waals surface area contributed by atoms with Gasteiger partial charge in [-0.1, -0.05) is 5.11 Å². The van der Waals surface area contributed by atoms with Crippen LogP contribution < -0.4 is 9.80 Å². The van der Waals surface area contributed by atoms with Crippen LogP contribution in [0.2, 0.25) is 0 Å². The first-order valence-corrected chi connectivity index (χ1v) is 7.62. The number of carbonyl (C=O) groups excluding carboxylic acids is 1.